The largest absolute Gasteiger partial charge is 0.508 e. The molecular weight excluding hydrogens is 392 g/mol. The van der Waals surface area contributed by atoms with Crippen molar-refractivity contribution in [3.63, 3.8) is 0 Å². The van der Waals surface area contributed by atoms with E-state index in [9.17, 15) is 9.90 Å². The molecule has 1 heterocycles. The lowest BCUT2D eigenvalue weighted by Gasteiger charge is -2.22. The van der Waals surface area contributed by atoms with Gasteiger partial charge in [0.1, 0.15) is 5.75 Å². The van der Waals surface area contributed by atoms with Crippen LogP contribution >= 0.6 is 27.5 Å². The number of alkyl halides is 1. The minimum Gasteiger partial charge on any atom is -0.508 e. The molecular formula is C18H16BrClN2O2. The molecule has 0 saturated carbocycles. The maximum Gasteiger partial charge on any atom is 0.253 e. The van der Waals surface area contributed by atoms with Crippen molar-refractivity contribution in [2.75, 3.05) is 5.33 Å². The Bertz CT molecular complexity index is 805. The number of benzene rings is 2. The molecule has 124 valence electrons. The molecule has 1 aliphatic heterocycles. The third-order valence-corrected chi connectivity index (χ3v) is 4.73. The van der Waals surface area contributed by atoms with Crippen molar-refractivity contribution in [2.45, 2.75) is 19.4 Å². The van der Waals surface area contributed by atoms with E-state index in [2.05, 4.69) is 21.0 Å². The highest BCUT2D eigenvalue weighted by Crippen LogP contribution is 2.38. The van der Waals surface area contributed by atoms with Crippen molar-refractivity contribution >= 4 is 39.1 Å². The van der Waals surface area contributed by atoms with Crippen molar-refractivity contribution in [2.24, 2.45) is 5.10 Å². The Hall–Kier alpha value is -1.85. The summed E-state index contributed by atoms with van der Waals surface area (Å²) in [6.07, 6.45) is 0.524. The van der Waals surface area contributed by atoms with E-state index >= 15 is 0 Å². The molecule has 0 saturated heterocycles. The number of carbonyl (C=O) groups excluding carboxylic acids is 1. The maximum absolute atomic E-state index is 12.3. The van der Waals surface area contributed by atoms with Gasteiger partial charge in [-0.05, 0) is 30.7 Å². The van der Waals surface area contributed by atoms with Crippen molar-refractivity contribution in [3.05, 3.63) is 64.2 Å². The van der Waals surface area contributed by atoms with Gasteiger partial charge in [-0.3, -0.25) is 4.79 Å². The molecule has 0 aromatic heterocycles. The number of aromatic hydroxyl groups is 1. The van der Waals surface area contributed by atoms with Gasteiger partial charge in [0.25, 0.3) is 5.91 Å². The highest BCUT2D eigenvalue weighted by Gasteiger charge is 2.34. The molecule has 2 aromatic carbocycles. The Balaban J connectivity index is 2.00. The van der Waals surface area contributed by atoms with E-state index in [1.54, 1.807) is 18.2 Å². The molecule has 24 heavy (non-hydrogen) atoms. The summed E-state index contributed by atoms with van der Waals surface area (Å²) < 4.78 is 0. The summed E-state index contributed by atoms with van der Waals surface area (Å²) in [5.41, 5.74) is 3.54. The Kier molecular flexibility index (Phi) is 4.92. The molecule has 0 aliphatic carbocycles. The summed E-state index contributed by atoms with van der Waals surface area (Å²) in [6.45, 7) is 2.02. The van der Waals surface area contributed by atoms with Crippen LogP contribution in [0.5, 0.6) is 5.75 Å². The Labute approximate surface area is 153 Å². The molecule has 0 radical (unpaired) electrons. The topological polar surface area (TPSA) is 52.9 Å². The molecule has 2 aromatic rings. The second kappa shape index (κ2) is 6.95. The fraction of sp³-hybridized carbons (Fsp3) is 0.222. The Morgan fingerprint density at radius 3 is 2.71 bits per heavy atom. The molecule has 0 spiro atoms. The number of aryl methyl sites for hydroxylation is 1. The van der Waals surface area contributed by atoms with Crippen LogP contribution in [0.3, 0.4) is 0 Å². The lowest BCUT2D eigenvalue weighted by molar-refractivity contribution is -0.130. The summed E-state index contributed by atoms with van der Waals surface area (Å²) >= 11 is 9.26. The molecule has 1 unspecified atom stereocenters. The van der Waals surface area contributed by atoms with Gasteiger partial charge < -0.3 is 5.11 Å². The molecule has 3 rings (SSSR count). The van der Waals surface area contributed by atoms with Gasteiger partial charge in [0.05, 0.1) is 17.1 Å². The lowest BCUT2D eigenvalue weighted by atomic mass is 9.97. The first-order valence-corrected chi connectivity index (χ1v) is 9.00. The van der Waals surface area contributed by atoms with Gasteiger partial charge >= 0.3 is 0 Å². The van der Waals surface area contributed by atoms with Gasteiger partial charge in [-0.15, -0.1) is 0 Å². The first-order valence-electron chi connectivity index (χ1n) is 7.50. The fourth-order valence-electron chi connectivity index (χ4n) is 2.76. The average molecular weight is 408 g/mol. The third kappa shape index (κ3) is 3.32. The van der Waals surface area contributed by atoms with Crippen LogP contribution in [0.1, 0.15) is 29.2 Å². The monoisotopic (exact) mass is 406 g/mol. The third-order valence-electron chi connectivity index (χ3n) is 4.01. The van der Waals surface area contributed by atoms with E-state index in [1.165, 1.54) is 5.01 Å². The number of nitrogens with zero attached hydrogens (tertiary/aromatic N) is 2. The number of hydrogen-bond acceptors (Lipinski definition) is 3. The van der Waals surface area contributed by atoms with Crippen LogP contribution < -0.4 is 0 Å². The second-order valence-corrected chi connectivity index (χ2v) is 6.70. The van der Waals surface area contributed by atoms with Crippen LogP contribution in [0, 0.1) is 6.92 Å². The molecule has 4 nitrogen and oxygen atoms in total. The molecule has 6 heteroatoms. The SMILES string of the molecule is Cc1ccc(C2=NN(C(=O)CBr)C(c3cc(Cl)ccc3O)C2)cc1. The van der Waals surface area contributed by atoms with Gasteiger partial charge in [0, 0.05) is 17.0 Å². The number of rotatable bonds is 3. The molecule has 1 N–H and O–H groups in total. The average Bonchev–Trinajstić information content (AvgIpc) is 3.02. The van der Waals surface area contributed by atoms with Crippen LogP contribution in [0.2, 0.25) is 5.02 Å². The van der Waals surface area contributed by atoms with Crippen LogP contribution in [0.25, 0.3) is 0 Å². The van der Waals surface area contributed by atoms with Crippen LogP contribution in [-0.4, -0.2) is 27.1 Å². The number of carbonyl (C=O) groups is 1. The molecule has 0 fully saturated rings. The van der Waals surface area contributed by atoms with E-state index in [0.29, 0.717) is 17.0 Å². The molecule has 0 bridgehead atoms. The van der Waals surface area contributed by atoms with Crippen molar-refractivity contribution < 1.29 is 9.90 Å². The van der Waals surface area contributed by atoms with Crippen LogP contribution in [0.4, 0.5) is 0 Å². The van der Waals surface area contributed by atoms with E-state index in [4.69, 9.17) is 11.6 Å². The van der Waals surface area contributed by atoms with Gasteiger partial charge in [0.2, 0.25) is 0 Å². The summed E-state index contributed by atoms with van der Waals surface area (Å²) in [5, 5.41) is 16.8. The summed E-state index contributed by atoms with van der Waals surface area (Å²) in [5.74, 6) is -0.0568. The van der Waals surface area contributed by atoms with Crippen molar-refractivity contribution in [3.8, 4) is 5.75 Å². The molecule has 1 aliphatic rings. The predicted molar refractivity (Wildman–Crippen MR) is 98.8 cm³/mol. The van der Waals surface area contributed by atoms with Gasteiger partial charge in [-0.25, -0.2) is 5.01 Å². The summed E-state index contributed by atoms with van der Waals surface area (Å²) in [4.78, 5) is 12.3. The Morgan fingerprint density at radius 2 is 2.04 bits per heavy atom. The van der Waals surface area contributed by atoms with Crippen molar-refractivity contribution in [1.29, 1.82) is 0 Å². The maximum atomic E-state index is 12.3. The highest BCUT2D eigenvalue weighted by molar-refractivity contribution is 9.09. The number of halogens is 2. The van der Waals surface area contributed by atoms with Gasteiger partial charge in [0.15, 0.2) is 0 Å². The van der Waals surface area contributed by atoms with E-state index < -0.39 is 0 Å². The zero-order valence-corrected chi connectivity index (χ0v) is 15.4. The highest BCUT2D eigenvalue weighted by atomic mass is 79.9. The smallest absolute Gasteiger partial charge is 0.253 e. The summed E-state index contributed by atoms with van der Waals surface area (Å²) in [6, 6.07) is 12.5. The standard InChI is InChI=1S/C18H16BrClN2O2/c1-11-2-4-12(5-3-11)15-9-16(22(21-15)18(24)10-19)14-8-13(20)6-7-17(14)23/h2-8,16,23H,9-10H2,1H3. The van der Waals surface area contributed by atoms with Gasteiger partial charge in [-0.2, -0.15) is 5.10 Å². The van der Waals surface area contributed by atoms with E-state index in [-0.39, 0.29) is 23.0 Å². The number of phenolic OH excluding ortho intramolecular Hbond substituents is 1. The number of hydrazone groups is 1. The quantitative estimate of drug-likeness (QED) is 0.765. The summed E-state index contributed by atoms with van der Waals surface area (Å²) in [7, 11) is 0. The number of phenols is 1. The molecule has 1 atom stereocenters. The predicted octanol–water partition coefficient (Wildman–Crippen LogP) is 4.43. The lowest BCUT2D eigenvalue weighted by Crippen LogP contribution is -2.27. The Morgan fingerprint density at radius 1 is 1.33 bits per heavy atom. The number of amides is 1. The normalized spacial score (nSPS) is 17.0. The first kappa shape index (κ1) is 17.0. The van der Waals surface area contributed by atoms with Gasteiger partial charge in [-0.1, -0.05) is 57.4 Å². The zero-order chi connectivity index (χ0) is 17.3. The minimum atomic E-state index is -0.370. The zero-order valence-electron chi connectivity index (χ0n) is 13.0. The second-order valence-electron chi connectivity index (χ2n) is 5.71. The van der Waals surface area contributed by atoms with Crippen molar-refractivity contribution in [1.82, 2.24) is 5.01 Å². The first-order chi connectivity index (χ1) is 11.5. The van der Waals surface area contributed by atoms with E-state index in [1.807, 2.05) is 31.2 Å². The van der Waals surface area contributed by atoms with Crippen LogP contribution in [-0.2, 0) is 4.79 Å². The minimum absolute atomic E-state index is 0.108. The van der Waals surface area contributed by atoms with Crippen LogP contribution in [0.15, 0.2) is 47.6 Å². The van der Waals surface area contributed by atoms with E-state index in [0.717, 1.165) is 16.8 Å². The molecule has 1 amide bonds. The number of hydrogen-bond donors (Lipinski definition) is 1. The fourth-order valence-corrected chi connectivity index (χ4v) is 3.19.